The summed E-state index contributed by atoms with van der Waals surface area (Å²) in [6.45, 7) is 1.42. The maximum Gasteiger partial charge on any atom is 0.262 e. The zero-order chi connectivity index (χ0) is 18.1. The average molecular weight is 352 g/mol. The van der Waals surface area contributed by atoms with Gasteiger partial charge in [0.05, 0.1) is 24.3 Å². The van der Waals surface area contributed by atoms with Crippen LogP contribution in [-0.2, 0) is 11.2 Å². The summed E-state index contributed by atoms with van der Waals surface area (Å²) in [7, 11) is 0. The number of hydrogen-bond acceptors (Lipinski definition) is 3. The van der Waals surface area contributed by atoms with Crippen molar-refractivity contribution >= 4 is 5.91 Å². The van der Waals surface area contributed by atoms with Crippen LogP contribution in [0.2, 0.25) is 0 Å². The molecule has 1 unspecified atom stereocenters. The third kappa shape index (κ3) is 4.39. The Balaban J connectivity index is 1.54. The first-order chi connectivity index (χ1) is 11.7. The fraction of sp³-hybridized carbons (Fsp3) is 0.412. The molecule has 2 aromatic rings. The molecule has 1 aromatic carbocycles. The standard InChI is InChI=1S/C17H19F3N4O/c1-16(9-17(19,20)11-22-16)10-21-15(25)8-13-6-7-24(23-13)14-4-2-12(18)3-5-14/h2-7,22H,8-11H2,1H3,(H,21,25). The molecule has 0 saturated carbocycles. The summed E-state index contributed by atoms with van der Waals surface area (Å²) >= 11 is 0. The second kappa shape index (κ2) is 6.51. The third-order valence-corrected chi connectivity index (χ3v) is 4.18. The van der Waals surface area contributed by atoms with Gasteiger partial charge in [0.15, 0.2) is 0 Å². The molecule has 2 N–H and O–H groups in total. The van der Waals surface area contributed by atoms with Gasteiger partial charge in [-0.2, -0.15) is 5.10 Å². The first-order valence-corrected chi connectivity index (χ1v) is 7.95. The monoisotopic (exact) mass is 352 g/mol. The minimum atomic E-state index is -2.74. The number of halogens is 3. The molecular formula is C17H19F3N4O. The van der Waals surface area contributed by atoms with Crippen LogP contribution in [0.15, 0.2) is 36.5 Å². The zero-order valence-electron chi connectivity index (χ0n) is 13.7. The normalized spacial score (nSPS) is 22.1. The summed E-state index contributed by atoms with van der Waals surface area (Å²) in [4.78, 5) is 12.0. The van der Waals surface area contributed by atoms with E-state index < -0.39 is 11.5 Å². The summed E-state index contributed by atoms with van der Waals surface area (Å²) < 4.78 is 41.1. The summed E-state index contributed by atoms with van der Waals surface area (Å²) in [5, 5.41) is 9.70. The lowest BCUT2D eigenvalue weighted by atomic mass is 9.99. The number of hydrogen-bond donors (Lipinski definition) is 2. The number of rotatable bonds is 5. The van der Waals surface area contributed by atoms with Crippen LogP contribution in [0.25, 0.3) is 5.69 Å². The summed E-state index contributed by atoms with van der Waals surface area (Å²) in [5.74, 6) is -3.37. The molecule has 2 heterocycles. The Labute approximate surface area is 143 Å². The highest BCUT2D eigenvalue weighted by Gasteiger charge is 2.46. The van der Waals surface area contributed by atoms with Crippen molar-refractivity contribution in [3.8, 4) is 5.69 Å². The number of nitrogens with one attached hydrogen (secondary N) is 2. The van der Waals surface area contributed by atoms with E-state index in [0.717, 1.165) is 0 Å². The van der Waals surface area contributed by atoms with Crippen molar-refractivity contribution in [2.75, 3.05) is 13.1 Å². The lowest BCUT2D eigenvalue weighted by Crippen LogP contribution is -2.47. The van der Waals surface area contributed by atoms with Crippen molar-refractivity contribution in [3.63, 3.8) is 0 Å². The number of nitrogens with zero attached hydrogens (tertiary/aromatic N) is 2. The van der Waals surface area contributed by atoms with Gasteiger partial charge in [-0.1, -0.05) is 0 Å². The molecular weight excluding hydrogens is 333 g/mol. The number of benzene rings is 1. The van der Waals surface area contributed by atoms with Gasteiger partial charge in [-0.25, -0.2) is 17.9 Å². The van der Waals surface area contributed by atoms with E-state index in [-0.39, 0.29) is 37.7 Å². The molecule has 1 aliphatic heterocycles. The second-order valence-electron chi connectivity index (χ2n) is 6.63. The van der Waals surface area contributed by atoms with Gasteiger partial charge >= 0.3 is 0 Å². The molecule has 3 rings (SSSR count). The van der Waals surface area contributed by atoms with E-state index in [9.17, 15) is 18.0 Å². The van der Waals surface area contributed by atoms with Gasteiger partial charge in [-0.3, -0.25) is 4.79 Å². The zero-order valence-corrected chi connectivity index (χ0v) is 13.7. The highest BCUT2D eigenvalue weighted by Crippen LogP contribution is 2.31. The Bertz CT molecular complexity index is 760. The van der Waals surface area contributed by atoms with Crippen LogP contribution in [0.3, 0.4) is 0 Å². The van der Waals surface area contributed by atoms with Crippen molar-refractivity contribution in [2.24, 2.45) is 0 Å². The average Bonchev–Trinajstić information content (AvgIpc) is 3.11. The van der Waals surface area contributed by atoms with Gasteiger partial charge in [-0.15, -0.1) is 0 Å². The minimum Gasteiger partial charge on any atom is -0.354 e. The van der Waals surface area contributed by atoms with Crippen LogP contribution in [-0.4, -0.2) is 40.2 Å². The quantitative estimate of drug-likeness (QED) is 0.866. The van der Waals surface area contributed by atoms with Gasteiger partial charge in [-0.05, 0) is 37.3 Å². The summed E-state index contributed by atoms with van der Waals surface area (Å²) in [6, 6.07) is 7.51. The van der Waals surface area contributed by atoms with Crippen LogP contribution >= 0.6 is 0 Å². The van der Waals surface area contributed by atoms with Gasteiger partial charge in [0.2, 0.25) is 5.91 Å². The molecule has 0 spiro atoms. The Hall–Kier alpha value is -2.35. The molecule has 8 heteroatoms. The summed E-state index contributed by atoms with van der Waals surface area (Å²) in [6.07, 6.45) is 1.41. The Morgan fingerprint density at radius 2 is 2.04 bits per heavy atom. The van der Waals surface area contributed by atoms with E-state index in [1.165, 1.54) is 12.1 Å². The SMILES string of the molecule is CC1(CNC(=O)Cc2ccn(-c3ccc(F)cc3)n2)CC(F)(F)CN1. The van der Waals surface area contributed by atoms with Crippen LogP contribution < -0.4 is 10.6 Å². The van der Waals surface area contributed by atoms with E-state index in [1.807, 2.05) is 0 Å². The van der Waals surface area contributed by atoms with E-state index in [2.05, 4.69) is 15.7 Å². The first kappa shape index (κ1) is 17.5. The van der Waals surface area contributed by atoms with Gasteiger partial charge in [0.1, 0.15) is 5.82 Å². The number of carbonyl (C=O) groups excluding carboxylic acids is 1. The Morgan fingerprint density at radius 1 is 1.32 bits per heavy atom. The molecule has 25 heavy (non-hydrogen) atoms. The largest absolute Gasteiger partial charge is 0.354 e. The van der Waals surface area contributed by atoms with Crippen LogP contribution in [0.1, 0.15) is 19.0 Å². The number of alkyl halides is 2. The Morgan fingerprint density at radius 3 is 2.68 bits per heavy atom. The smallest absolute Gasteiger partial charge is 0.262 e. The van der Waals surface area contributed by atoms with E-state index in [1.54, 1.807) is 36.0 Å². The molecule has 5 nitrogen and oxygen atoms in total. The van der Waals surface area contributed by atoms with E-state index in [4.69, 9.17) is 0 Å². The van der Waals surface area contributed by atoms with E-state index in [0.29, 0.717) is 11.4 Å². The van der Waals surface area contributed by atoms with Crippen LogP contribution in [0.5, 0.6) is 0 Å². The number of carbonyl (C=O) groups is 1. The molecule has 1 aromatic heterocycles. The maximum atomic E-state index is 13.3. The van der Waals surface area contributed by atoms with Crippen molar-refractivity contribution in [3.05, 3.63) is 48.0 Å². The highest BCUT2D eigenvalue weighted by atomic mass is 19.3. The molecule has 0 radical (unpaired) electrons. The van der Waals surface area contributed by atoms with Gasteiger partial charge in [0.25, 0.3) is 5.92 Å². The highest BCUT2D eigenvalue weighted by molar-refractivity contribution is 5.78. The van der Waals surface area contributed by atoms with Crippen molar-refractivity contribution < 1.29 is 18.0 Å². The van der Waals surface area contributed by atoms with Gasteiger partial charge < -0.3 is 10.6 Å². The predicted octanol–water partition coefficient (Wildman–Crippen LogP) is 2.06. The second-order valence-corrected chi connectivity index (χ2v) is 6.63. The van der Waals surface area contributed by atoms with Gasteiger partial charge in [0, 0.05) is 24.7 Å². The molecule has 134 valence electrons. The first-order valence-electron chi connectivity index (χ1n) is 7.95. The lowest BCUT2D eigenvalue weighted by Gasteiger charge is -2.24. The molecule has 0 bridgehead atoms. The van der Waals surface area contributed by atoms with Crippen molar-refractivity contribution in [2.45, 2.75) is 31.2 Å². The predicted molar refractivity (Wildman–Crippen MR) is 86.2 cm³/mol. The molecule has 1 atom stereocenters. The Kier molecular flexibility index (Phi) is 4.55. The van der Waals surface area contributed by atoms with E-state index >= 15 is 0 Å². The molecule has 1 aliphatic rings. The third-order valence-electron chi connectivity index (χ3n) is 4.18. The minimum absolute atomic E-state index is 0.0423. The molecule has 1 fully saturated rings. The molecule has 1 saturated heterocycles. The fourth-order valence-corrected chi connectivity index (χ4v) is 2.88. The topological polar surface area (TPSA) is 59.0 Å². The van der Waals surface area contributed by atoms with Crippen LogP contribution in [0, 0.1) is 5.82 Å². The molecule has 0 aliphatic carbocycles. The molecule has 1 amide bonds. The number of aromatic nitrogens is 2. The van der Waals surface area contributed by atoms with Crippen molar-refractivity contribution in [1.29, 1.82) is 0 Å². The summed E-state index contributed by atoms with van der Waals surface area (Å²) in [5.41, 5.74) is 0.404. The fourth-order valence-electron chi connectivity index (χ4n) is 2.88. The lowest BCUT2D eigenvalue weighted by molar-refractivity contribution is -0.120. The van der Waals surface area contributed by atoms with Crippen LogP contribution in [0.4, 0.5) is 13.2 Å². The van der Waals surface area contributed by atoms with Crippen molar-refractivity contribution in [1.82, 2.24) is 20.4 Å². The number of amides is 1. The maximum absolute atomic E-state index is 13.3.